The molecule has 2 aromatic rings. The van der Waals surface area contributed by atoms with Crippen LogP contribution in [0.5, 0.6) is 0 Å². The zero-order valence-electron chi connectivity index (χ0n) is 16.3. The molecular weight excluding hydrogens is 374 g/mol. The van der Waals surface area contributed by atoms with Crippen LogP contribution in [0.25, 0.3) is 0 Å². The number of carbonyl (C=O) groups excluding carboxylic acids is 1. The molecule has 0 saturated carbocycles. The molecule has 2 aromatic carbocycles. The van der Waals surface area contributed by atoms with E-state index in [1.54, 1.807) is 31.2 Å². The fourth-order valence-electron chi connectivity index (χ4n) is 3.33. The van der Waals surface area contributed by atoms with Crippen molar-refractivity contribution in [3.05, 3.63) is 60.2 Å². The highest BCUT2D eigenvalue weighted by atomic mass is 32.2. The average Bonchev–Trinajstić information content (AvgIpc) is 3.25. The van der Waals surface area contributed by atoms with Gasteiger partial charge in [-0.1, -0.05) is 30.3 Å². The summed E-state index contributed by atoms with van der Waals surface area (Å²) in [6, 6.07) is 15.9. The van der Waals surface area contributed by atoms with Crippen molar-refractivity contribution in [3.63, 3.8) is 0 Å². The molecule has 0 aromatic heterocycles. The Hall–Kier alpha value is -2.22. The number of benzene rings is 2. The number of anilines is 1. The summed E-state index contributed by atoms with van der Waals surface area (Å²) in [7, 11) is -3.44. The molecule has 1 aliphatic rings. The summed E-state index contributed by atoms with van der Waals surface area (Å²) in [5.41, 5.74) is 1.69. The van der Waals surface area contributed by atoms with Crippen LogP contribution in [0.2, 0.25) is 0 Å². The summed E-state index contributed by atoms with van der Waals surface area (Å²) in [5.74, 6) is -0.169. The first-order valence-corrected chi connectivity index (χ1v) is 11.0. The van der Waals surface area contributed by atoms with E-state index in [1.807, 2.05) is 37.3 Å². The first-order valence-electron chi connectivity index (χ1n) is 9.60. The monoisotopic (exact) mass is 401 g/mol. The second-order valence-electron chi connectivity index (χ2n) is 7.15. The molecule has 1 heterocycles. The Morgan fingerprint density at radius 1 is 0.964 bits per heavy atom. The van der Waals surface area contributed by atoms with Gasteiger partial charge in [-0.3, -0.25) is 10.1 Å². The molecule has 1 aliphatic heterocycles. The molecule has 0 aliphatic carbocycles. The van der Waals surface area contributed by atoms with E-state index in [0.717, 1.165) is 18.4 Å². The molecule has 1 amide bonds. The number of hydrogen-bond donors (Lipinski definition) is 2. The summed E-state index contributed by atoms with van der Waals surface area (Å²) >= 11 is 0. The lowest BCUT2D eigenvalue weighted by Crippen LogP contribution is -2.39. The van der Waals surface area contributed by atoms with Crippen LogP contribution in [-0.2, 0) is 14.8 Å². The van der Waals surface area contributed by atoms with Gasteiger partial charge in [-0.25, -0.2) is 8.42 Å². The van der Waals surface area contributed by atoms with Gasteiger partial charge in [0.25, 0.3) is 0 Å². The highest BCUT2D eigenvalue weighted by Gasteiger charge is 2.27. The minimum absolute atomic E-state index is 0.0370. The average molecular weight is 402 g/mol. The van der Waals surface area contributed by atoms with Crippen LogP contribution in [0, 0.1) is 0 Å². The normalized spacial score (nSPS) is 17.2. The molecule has 0 bridgehead atoms. The third-order valence-corrected chi connectivity index (χ3v) is 6.93. The fraction of sp³-hybridized carbons (Fsp3) is 0.381. The Labute approximate surface area is 167 Å². The molecule has 1 fully saturated rings. The molecule has 2 atom stereocenters. The van der Waals surface area contributed by atoms with Crippen molar-refractivity contribution in [2.24, 2.45) is 0 Å². The van der Waals surface area contributed by atoms with Gasteiger partial charge in [0.2, 0.25) is 15.9 Å². The Morgan fingerprint density at radius 2 is 1.57 bits per heavy atom. The van der Waals surface area contributed by atoms with Crippen LogP contribution in [0.3, 0.4) is 0 Å². The number of sulfonamides is 1. The number of nitrogens with one attached hydrogen (secondary N) is 2. The molecule has 28 heavy (non-hydrogen) atoms. The number of amides is 1. The van der Waals surface area contributed by atoms with Gasteiger partial charge in [0, 0.05) is 24.8 Å². The van der Waals surface area contributed by atoms with Crippen molar-refractivity contribution in [2.45, 2.75) is 43.7 Å². The maximum absolute atomic E-state index is 12.6. The SMILES string of the molecule is C[C@H](N[C@H](C)c1ccccc1)C(=O)Nc1ccc(S(=O)(=O)N2CCCC2)cc1. The molecule has 2 N–H and O–H groups in total. The summed E-state index contributed by atoms with van der Waals surface area (Å²) in [4.78, 5) is 12.7. The highest BCUT2D eigenvalue weighted by molar-refractivity contribution is 7.89. The third-order valence-electron chi connectivity index (χ3n) is 5.02. The van der Waals surface area contributed by atoms with E-state index in [2.05, 4.69) is 10.6 Å². The van der Waals surface area contributed by atoms with Crippen LogP contribution < -0.4 is 10.6 Å². The summed E-state index contributed by atoms with van der Waals surface area (Å²) in [6.45, 7) is 4.96. The van der Waals surface area contributed by atoms with Crippen molar-refractivity contribution in [1.82, 2.24) is 9.62 Å². The molecule has 0 unspecified atom stereocenters. The molecule has 6 nitrogen and oxygen atoms in total. The molecule has 3 rings (SSSR count). The van der Waals surface area contributed by atoms with Gasteiger partial charge >= 0.3 is 0 Å². The van der Waals surface area contributed by atoms with Gasteiger partial charge in [-0.2, -0.15) is 4.31 Å². The van der Waals surface area contributed by atoms with Crippen molar-refractivity contribution in [1.29, 1.82) is 0 Å². The summed E-state index contributed by atoms with van der Waals surface area (Å²) < 4.78 is 26.6. The van der Waals surface area contributed by atoms with Gasteiger partial charge < -0.3 is 5.32 Å². The van der Waals surface area contributed by atoms with Crippen LogP contribution in [0.1, 0.15) is 38.3 Å². The minimum atomic E-state index is -3.44. The second-order valence-corrected chi connectivity index (χ2v) is 9.08. The smallest absolute Gasteiger partial charge is 0.243 e. The lowest BCUT2D eigenvalue weighted by molar-refractivity contribution is -0.117. The van der Waals surface area contributed by atoms with E-state index in [9.17, 15) is 13.2 Å². The Morgan fingerprint density at radius 3 is 2.18 bits per heavy atom. The Kier molecular flexibility index (Phi) is 6.49. The first-order chi connectivity index (χ1) is 13.4. The maximum atomic E-state index is 12.6. The van der Waals surface area contributed by atoms with Crippen molar-refractivity contribution >= 4 is 21.6 Å². The predicted octanol–water partition coefficient (Wildman–Crippen LogP) is 3.15. The first kappa shape index (κ1) is 20.5. The van der Waals surface area contributed by atoms with Crippen molar-refractivity contribution < 1.29 is 13.2 Å². The van der Waals surface area contributed by atoms with E-state index in [4.69, 9.17) is 0 Å². The molecule has 0 spiro atoms. The second kappa shape index (κ2) is 8.86. The van der Waals surface area contributed by atoms with Crippen LogP contribution in [0.4, 0.5) is 5.69 Å². The zero-order valence-corrected chi connectivity index (χ0v) is 17.1. The Bertz CT molecular complexity index is 892. The molecule has 1 saturated heterocycles. The lowest BCUT2D eigenvalue weighted by Gasteiger charge is -2.20. The largest absolute Gasteiger partial charge is 0.325 e. The number of nitrogens with zero attached hydrogens (tertiary/aromatic N) is 1. The quantitative estimate of drug-likeness (QED) is 0.747. The van der Waals surface area contributed by atoms with Gasteiger partial charge in [0.1, 0.15) is 0 Å². The molecule has 150 valence electrons. The lowest BCUT2D eigenvalue weighted by atomic mass is 10.1. The topological polar surface area (TPSA) is 78.5 Å². The number of carbonyl (C=O) groups is 1. The standard InChI is InChI=1S/C21H27N3O3S/c1-16(18-8-4-3-5-9-18)22-17(2)21(25)23-19-10-12-20(13-11-19)28(26,27)24-14-6-7-15-24/h3-5,8-13,16-17,22H,6-7,14-15H2,1-2H3,(H,23,25)/t16-,17+/m1/s1. The van der Waals surface area contributed by atoms with E-state index in [1.165, 1.54) is 4.31 Å². The molecule has 0 radical (unpaired) electrons. The van der Waals surface area contributed by atoms with Crippen molar-refractivity contribution in [2.75, 3.05) is 18.4 Å². The fourth-order valence-corrected chi connectivity index (χ4v) is 4.84. The molecule has 7 heteroatoms. The zero-order chi connectivity index (χ0) is 20.1. The van der Waals surface area contributed by atoms with E-state index >= 15 is 0 Å². The summed E-state index contributed by atoms with van der Waals surface area (Å²) in [5, 5.41) is 6.11. The van der Waals surface area contributed by atoms with Gasteiger partial charge in [-0.15, -0.1) is 0 Å². The van der Waals surface area contributed by atoms with Crippen molar-refractivity contribution in [3.8, 4) is 0 Å². The van der Waals surface area contributed by atoms with Crippen LogP contribution in [0.15, 0.2) is 59.5 Å². The number of rotatable bonds is 7. The highest BCUT2D eigenvalue weighted by Crippen LogP contribution is 2.22. The summed E-state index contributed by atoms with van der Waals surface area (Å²) in [6.07, 6.45) is 1.80. The van der Waals surface area contributed by atoms with E-state index < -0.39 is 16.1 Å². The van der Waals surface area contributed by atoms with Gasteiger partial charge in [-0.05, 0) is 56.5 Å². The van der Waals surface area contributed by atoms with Crippen LogP contribution in [-0.4, -0.2) is 37.8 Å². The van der Waals surface area contributed by atoms with E-state index in [-0.39, 0.29) is 16.8 Å². The predicted molar refractivity (Wildman–Crippen MR) is 111 cm³/mol. The van der Waals surface area contributed by atoms with Crippen LogP contribution >= 0.6 is 0 Å². The number of hydrogen-bond acceptors (Lipinski definition) is 4. The van der Waals surface area contributed by atoms with E-state index in [0.29, 0.717) is 18.8 Å². The Balaban J connectivity index is 1.59. The third kappa shape index (κ3) is 4.79. The van der Waals surface area contributed by atoms with Gasteiger partial charge in [0.05, 0.1) is 10.9 Å². The maximum Gasteiger partial charge on any atom is 0.243 e. The van der Waals surface area contributed by atoms with Gasteiger partial charge in [0.15, 0.2) is 0 Å². The minimum Gasteiger partial charge on any atom is -0.325 e. The molecular formula is C21H27N3O3S.